The van der Waals surface area contributed by atoms with Gasteiger partial charge in [0.1, 0.15) is 22.2 Å². The highest BCUT2D eigenvalue weighted by Gasteiger charge is 2.42. The van der Waals surface area contributed by atoms with Crippen LogP contribution < -0.4 is 11.1 Å². The number of hydrogen-bond donors (Lipinski definition) is 2. The van der Waals surface area contributed by atoms with Gasteiger partial charge in [0, 0.05) is 32.3 Å². The van der Waals surface area contributed by atoms with Crippen molar-refractivity contribution >= 4 is 69.1 Å². The number of thiazole rings is 1. The fraction of sp³-hybridized carbons (Fsp3) is 0.219. The topological polar surface area (TPSA) is 102 Å². The average molecular weight is 682 g/mol. The van der Waals surface area contributed by atoms with E-state index in [0.717, 1.165) is 26.7 Å². The molecule has 1 unspecified atom stereocenters. The number of nitrogens with one attached hydrogen (secondary N) is 1. The Labute approximate surface area is 277 Å². The van der Waals surface area contributed by atoms with Gasteiger partial charge in [-0.2, -0.15) is 5.26 Å². The smallest absolute Gasteiger partial charge is 0.341 e. The molecule has 1 atom stereocenters. The number of esters is 1. The monoisotopic (exact) mass is 680 g/mol. The Balaban J connectivity index is 1.53. The van der Waals surface area contributed by atoms with Crippen LogP contribution in [-0.4, -0.2) is 17.1 Å². The molecule has 1 aliphatic heterocycles. The lowest BCUT2D eigenvalue weighted by Gasteiger charge is -2.30. The molecule has 0 bridgehead atoms. The zero-order chi connectivity index (χ0) is 31.3. The van der Waals surface area contributed by atoms with E-state index in [1.165, 1.54) is 22.7 Å². The number of fused-ring (bicyclic) bond motifs is 3. The second kappa shape index (κ2) is 11.7. The third-order valence-electron chi connectivity index (χ3n) is 7.54. The van der Waals surface area contributed by atoms with E-state index in [2.05, 4.69) is 29.8 Å². The summed E-state index contributed by atoms with van der Waals surface area (Å²) in [5.74, 6) is -1.13. The predicted molar refractivity (Wildman–Crippen MR) is 179 cm³/mol. The molecule has 3 N–H and O–H groups in total. The largest absolute Gasteiger partial charge is 0.462 e. The SMILES string of the molecule is CCOC(=O)c1c(NC2=C(Cl)C(c3ccc(Cl)cc3)C(C#N)=C(N)O2)sc2c1-c1sc(=S)n(-c3ccccc3)c1CC2(C)C. The van der Waals surface area contributed by atoms with Crippen LogP contribution in [0.5, 0.6) is 0 Å². The van der Waals surface area contributed by atoms with Crippen LogP contribution in [0.1, 0.15) is 53.2 Å². The number of anilines is 1. The summed E-state index contributed by atoms with van der Waals surface area (Å²) in [7, 11) is 0. The number of hydrogen-bond acceptors (Lipinski definition) is 9. The van der Waals surface area contributed by atoms with Crippen molar-refractivity contribution in [3.8, 4) is 22.2 Å². The van der Waals surface area contributed by atoms with Gasteiger partial charge in [0.15, 0.2) is 3.95 Å². The fourth-order valence-corrected chi connectivity index (χ4v) is 8.93. The Morgan fingerprint density at radius 2 is 1.91 bits per heavy atom. The number of rotatable bonds is 6. The van der Waals surface area contributed by atoms with Crippen LogP contribution in [0, 0.1) is 15.3 Å². The number of halogens is 2. The van der Waals surface area contributed by atoms with Crippen LogP contribution in [-0.2, 0) is 21.3 Å². The molecule has 1 aliphatic carbocycles. The summed E-state index contributed by atoms with van der Waals surface area (Å²) < 4.78 is 14.3. The summed E-state index contributed by atoms with van der Waals surface area (Å²) >= 11 is 21.9. The van der Waals surface area contributed by atoms with Gasteiger partial charge in [-0.3, -0.25) is 4.57 Å². The van der Waals surface area contributed by atoms with Crippen molar-refractivity contribution < 1.29 is 14.3 Å². The molecule has 2 aromatic heterocycles. The second-order valence-electron chi connectivity index (χ2n) is 10.9. The molecule has 2 aliphatic rings. The lowest BCUT2D eigenvalue weighted by Crippen LogP contribution is -2.26. The van der Waals surface area contributed by atoms with Crippen LogP contribution in [0.25, 0.3) is 16.1 Å². The maximum absolute atomic E-state index is 13.7. The zero-order valence-electron chi connectivity index (χ0n) is 23.9. The maximum atomic E-state index is 13.7. The molecule has 3 heterocycles. The number of thiophene rings is 1. The standard InChI is InChI=1S/C32H26Cl2N4O3S3/c1-4-40-30(39)23-22-25-20(38(31(42)43-25)18-8-6-5-7-9-18)14-32(2,3)26(22)44-29(23)37-28-24(34)21(19(15-35)27(36)41-28)16-10-12-17(33)13-11-16/h5-13,21,37H,4,14,36H2,1-3H3. The van der Waals surface area contributed by atoms with Gasteiger partial charge in [0.05, 0.1) is 22.4 Å². The maximum Gasteiger partial charge on any atom is 0.341 e. The fourth-order valence-electron chi connectivity index (χ4n) is 5.60. The molecule has 0 saturated heterocycles. The minimum Gasteiger partial charge on any atom is -0.462 e. The highest BCUT2D eigenvalue weighted by atomic mass is 35.5. The van der Waals surface area contributed by atoms with Gasteiger partial charge in [-0.1, -0.05) is 67.4 Å². The van der Waals surface area contributed by atoms with Gasteiger partial charge in [-0.15, -0.1) is 22.7 Å². The first-order valence-electron chi connectivity index (χ1n) is 13.7. The van der Waals surface area contributed by atoms with E-state index in [-0.39, 0.29) is 34.4 Å². The third kappa shape index (κ3) is 5.13. The van der Waals surface area contributed by atoms with Crippen LogP contribution in [0.2, 0.25) is 5.02 Å². The number of benzene rings is 2. The third-order valence-corrected chi connectivity index (χ3v) is 11.1. The lowest BCUT2D eigenvalue weighted by atomic mass is 9.78. The number of allylic oxidation sites excluding steroid dienone is 2. The Hall–Kier alpha value is -3.59. The Bertz CT molecular complexity index is 1970. The number of ether oxygens (including phenoxy) is 2. The predicted octanol–water partition coefficient (Wildman–Crippen LogP) is 8.99. The highest BCUT2D eigenvalue weighted by Crippen LogP contribution is 2.55. The first kappa shape index (κ1) is 30.4. The number of carbonyl (C=O) groups excluding carboxylic acids is 1. The highest BCUT2D eigenvalue weighted by molar-refractivity contribution is 7.73. The molecule has 7 nitrogen and oxygen atoms in total. The van der Waals surface area contributed by atoms with E-state index in [0.29, 0.717) is 31.5 Å². The molecule has 4 aromatic rings. The van der Waals surface area contributed by atoms with Gasteiger partial charge in [-0.05, 0) is 55.4 Å². The van der Waals surface area contributed by atoms with Crippen LogP contribution in [0.15, 0.2) is 77.0 Å². The van der Waals surface area contributed by atoms with Crippen molar-refractivity contribution in [2.24, 2.45) is 5.73 Å². The van der Waals surface area contributed by atoms with Crippen molar-refractivity contribution in [3.05, 3.63) is 108 Å². The molecule has 44 heavy (non-hydrogen) atoms. The van der Waals surface area contributed by atoms with Crippen LogP contribution in [0.3, 0.4) is 0 Å². The van der Waals surface area contributed by atoms with Crippen LogP contribution in [0.4, 0.5) is 5.00 Å². The average Bonchev–Trinajstić information content (AvgIpc) is 3.53. The zero-order valence-corrected chi connectivity index (χ0v) is 27.8. The minimum atomic E-state index is -0.691. The van der Waals surface area contributed by atoms with Crippen molar-refractivity contribution in [2.45, 2.75) is 38.5 Å². The van der Waals surface area contributed by atoms with E-state index in [9.17, 15) is 10.1 Å². The summed E-state index contributed by atoms with van der Waals surface area (Å²) in [6, 6.07) is 19.1. The number of carbonyl (C=O) groups is 1. The molecule has 0 fully saturated rings. The Morgan fingerprint density at radius 3 is 2.57 bits per heavy atom. The summed E-state index contributed by atoms with van der Waals surface area (Å²) in [6.45, 7) is 6.27. The van der Waals surface area contributed by atoms with E-state index in [4.69, 9.17) is 50.6 Å². The summed E-state index contributed by atoms with van der Waals surface area (Å²) in [6.07, 6.45) is 0.708. The minimum absolute atomic E-state index is 0.0844. The second-order valence-corrected chi connectivity index (χ2v) is 14.4. The quantitative estimate of drug-likeness (QED) is 0.155. The van der Waals surface area contributed by atoms with E-state index < -0.39 is 11.9 Å². The molecule has 12 heteroatoms. The number of nitrogens with two attached hydrogens (primary N) is 1. The first-order valence-corrected chi connectivity index (χ1v) is 16.5. The summed E-state index contributed by atoms with van der Waals surface area (Å²) in [5, 5.41) is 14.4. The van der Waals surface area contributed by atoms with Gasteiger partial charge in [0.25, 0.3) is 0 Å². The number of nitriles is 1. The Morgan fingerprint density at radius 1 is 1.20 bits per heavy atom. The summed E-state index contributed by atoms with van der Waals surface area (Å²) in [5.41, 5.74) is 9.96. The lowest BCUT2D eigenvalue weighted by molar-refractivity contribution is 0.0529. The molecule has 6 rings (SSSR count). The van der Waals surface area contributed by atoms with Gasteiger partial charge < -0.3 is 20.5 Å². The van der Waals surface area contributed by atoms with Gasteiger partial charge in [0.2, 0.25) is 11.8 Å². The molecular formula is C32H26Cl2N4O3S3. The molecule has 0 radical (unpaired) electrons. The van der Waals surface area contributed by atoms with E-state index in [1.54, 1.807) is 31.2 Å². The summed E-state index contributed by atoms with van der Waals surface area (Å²) in [4.78, 5) is 15.7. The number of para-hydroxylation sites is 1. The molecule has 224 valence electrons. The van der Waals surface area contributed by atoms with Crippen LogP contribution >= 0.6 is 58.1 Å². The first-order chi connectivity index (χ1) is 21.1. The molecule has 0 saturated carbocycles. The van der Waals surface area contributed by atoms with Gasteiger partial charge >= 0.3 is 5.97 Å². The van der Waals surface area contributed by atoms with Crippen molar-refractivity contribution in [1.82, 2.24) is 4.57 Å². The van der Waals surface area contributed by atoms with Crippen molar-refractivity contribution in [1.29, 1.82) is 5.26 Å². The van der Waals surface area contributed by atoms with E-state index >= 15 is 0 Å². The Kier molecular flexibility index (Phi) is 8.11. The normalized spacial score (nSPS) is 17.0. The molecular weight excluding hydrogens is 655 g/mol. The molecule has 0 amide bonds. The molecule has 0 spiro atoms. The molecule has 2 aromatic carbocycles. The van der Waals surface area contributed by atoms with E-state index in [1.807, 2.05) is 30.3 Å². The van der Waals surface area contributed by atoms with Crippen molar-refractivity contribution in [2.75, 3.05) is 11.9 Å². The number of nitrogens with zero attached hydrogens (tertiary/aromatic N) is 2. The number of aromatic nitrogens is 1. The van der Waals surface area contributed by atoms with Gasteiger partial charge in [-0.25, -0.2) is 4.79 Å². The van der Waals surface area contributed by atoms with Crippen molar-refractivity contribution in [3.63, 3.8) is 0 Å².